The molecule has 0 radical (unpaired) electrons. The number of carbonyl (C=O) groups excluding carboxylic acids is 3. The first kappa shape index (κ1) is 29.2. The molecule has 2 atom stereocenters. The van der Waals surface area contributed by atoms with Gasteiger partial charge < -0.3 is 25.4 Å². The maximum absolute atomic E-state index is 13.3. The summed E-state index contributed by atoms with van der Waals surface area (Å²) < 4.78 is 10.9. The van der Waals surface area contributed by atoms with Crippen LogP contribution in [0.4, 0.5) is 11.4 Å². The molecule has 1 saturated heterocycles. The van der Waals surface area contributed by atoms with Gasteiger partial charge in [-0.15, -0.1) is 12.4 Å². The van der Waals surface area contributed by atoms with Crippen molar-refractivity contribution >= 4 is 47.4 Å². The fraction of sp³-hybridized carbons (Fsp3) is 0.241. The molecule has 2 amide bonds. The predicted octanol–water partition coefficient (Wildman–Crippen LogP) is 4.38. The van der Waals surface area contributed by atoms with E-state index in [2.05, 4.69) is 5.32 Å². The summed E-state index contributed by atoms with van der Waals surface area (Å²) in [5, 5.41) is 10.3. The van der Waals surface area contributed by atoms with Crippen LogP contribution in [0.2, 0.25) is 0 Å². The summed E-state index contributed by atoms with van der Waals surface area (Å²) in [6.07, 6.45) is 0.420. The van der Waals surface area contributed by atoms with Crippen molar-refractivity contribution in [2.45, 2.75) is 25.8 Å². The van der Waals surface area contributed by atoms with Gasteiger partial charge in [-0.1, -0.05) is 42.5 Å². The first-order valence-corrected chi connectivity index (χ1v) is 12.2. The van der Waals surface area contributed by atoms with Crippen LogP contribution in [0.5, 0.6) is 5.75 Å². The fourth-order valence-electron chi connectivity index (χ4n) is 4.56. The molecule has 0 bridgehead atoms. The van der Waals surface area contributed by atoms with Gasteiger partial charge in [0.2, 0.25) is 11.8 Å². The number of hydrogen-bond acceptors (Lipinski definition) is 6. The molecular weight excluding hydrogens is 520 g/mol. The van der Waals surface area contributed by atoms with Gasteiger partial charge >= 0.3 is 5.97 Å². The molecule has 204 valence electrons. The van der Waals surface area contributed by atoms with Gasteiger partial charge in [-0.25, -0.2) is 0 Å². The molecule has 0 saturated carbocycles. The molecule has 1 heterocycles. The smallest absolute Gasteiger partial charge is 0.306 e. The van der Waals surface area contributed by atoms with Crippen LogP contribution < -0.4 is 20.7 Å². The molecule has 0 unspecified atom stereocenters. The average Bonchev–Trinajstić information content (AvgIpc) is 3.22. The number of esters is 1. The Labute approximate surface area is 233 Å². The van der Waals surface area contributed by atoms with Gasteiger partial charge in [0.15, 0.2) is 0 Å². The lowest BCUT2D eigenvalue weighted by Gasteiger charge is -2.25. The number of hydrogen-bond donors (Lipinski definition) is 3. The lowest BCUT2D eigenvalue weighted by Crippen LogP contribution is -2.37. The summed E-state index contributed by atoms with van der Waals surface area (Å²) in [6.45, 7) is 1.64. The number of nitrogen functional groups attached to an aromatic ring is 1. The number of nitrogens with two attached hydrogens (primary N) is 1. The van der Waals surface area contributed by atoms with E-state index in [0.29, 0.717) is 29.1 Å². The molecule has 39 heavy (non-hydrogen) atoms. The second kappa shape index (κ2) is 12.9. The Kier molecular flexibility index (Phi) is 9.68. The zero-order valence-corrected chi connectivity index (χ0v) is 22.5. The predicted molar refractivity (Wildman–Crippen MR) is 152 cm³/mol. The van der Waals surface area contributed by atoms with Crippen molar-refractivity contribution in [2.75, 3.05) is 23.9 Å². The van der Waals surface area contributed by atoms with Crippen molar-refractivity contribution in [1.82, 2.24) is 0 Å². The van der Waals surface area contributed by atoms with Gasteiger partial charge in [0, 0.05) is 23.9 Å². The summed E-state index contributed by atoms with van der Waals surface area (Å²) >= 11 is 0. The number of amides is 2. The lowest BCUT2D eigenvalue weighted by molar-refractivity contribution is -0.143. The highest BCUT2D eigenvalue weighted by Gasteiger charge is 2.42. The number of anilines is 2. The Hall–Kier alpha value is -4.37. The van der Waals surface area contributed by atoms with E-state index in [1.54, 1.807) is 41.3 Å². The van der Waals surface area contributed by atoms with Gasteiger partial charge in [-0.3, -0.25) is 19.8 Å². The van der Waals surface area contributed by atoms with Crippen molar-refractivity contribution in [3.05, 3.63) is 78.4 Å². The standard InChI is InChI=1S/C29H30N4O5.ClH/c1-18(34)32-23-4-3-5-24(16-23)33-25(14-22(29(33)36)15-27(35)37-2)17-38-26-12-10-20(11-13-26)19-6-8-21(9-7-19)28(30)31;/h3-13,16,22,25H,14-15,17H2,1-2H3,(H3,30,31)(H,32,34);1H/t22-,25-;/m0./s1. The molecule has 4 rings (SSSR count). The number of nitrogens with one attached hydrogen (secondary N) is 2. The molecule has 10 heteroatoms. The van der Waals surface area contributed by atoms with Crippen molar-refractivity contribution in [2.24, 2.45) is 11.7 Å². The van der Waals surface area contributed by atoms with Crippen molar-refractivity contribution in [1.29, 1.82) is 5.41 Å². The summed E-state index contributed by atoms with van der Waals surface area (Å²) in [5.41, 5.74) is 9.36. The number of carbonyl (C=O) groups is 3. The third-order valence-electron chi connectivity index (χ3n) is 6.42. The van der Waals surface area contributed by atoms with Gasteiger partial charge in [0.05, 0.1) is 25.5 Å². The van der Waals surface area contributed by atoms with E-state index < -0.39 is 11.9 Å². The first-order chi connectivity index (χ1) is 18.2. The van der Waals surface area contributed by atoms with Gasteiger partial charge in [-0.2, -0.15) is 0 Å². The maximum atomic E-state index is 13.3. The second-order valence-corrected chi connectivity index (χ2v) is 9.13. The zero-order chi connectivity index (χ0) is 27.2. The molecular formula is C29H31ClN4O5. The summed E-state index contributed by atoms with van der Waals surface area (Å²) in [7, 11) is 1.30. The Balaban J connectivity index is 0.00000420. The van der Waals surface area contributed by atoms with Crippen LogP contribution in [-0.4, -0.2) is 43.4 Å². The number of rotatable bonds is 9. The normalized spacial score (nSPS) is 16.3. The van der Waals surface area contributed by atoms with Crippen molar-refractivity contribution in [3.63, 3.8) is 0 Å². The Morgan fingerprint density at radius 1 is 1.05 bits per heavy atom. The number of methoxy groups -OCH3 is 1. The van der Waals surface area contributed by atoms with E-state index in [9.17, 15) is 14.4 Å². The van der Waals surface area contributed by atoms with Crippen molar-refractivity contribution in [3.8, 4) is 16.9 Å². The first-order valence-electron chi connectivity index (χ1n) is 12.2. The van der Waals surface area contributed by atoms with E-state index in [-0.39, 0.29) is 49.1 Å². The highest BCUT2D eigenvalue weighted by molar-refractivity contribution is 6.00. The zero-order valence-electron chi connectivity index (χ0n) is 21.7. The molecule has 1 fully saturated rings. The molecule has 1 aliphatic heterocycles. The summed E-state index contributed by atoms with van der Waals surface area (Å²) in [5.74, 6) is -0.699. The molecule has 1 aliphatic rings. The minimum Gasteiger partial charge on any atom is -0.491 e. The third-order valence-corrected chi connectivity index (χ3v) is 6.42. The third kappa shape index (κ3) is 7.14. The van der Waals surface area contributed by atoms with Crippen LogP contribution >= 0.6 is 12.4 Å². The Bertz CT molecular complexity index is 1340. The second-order valence-electron chi connectivity index (χ2n) is 9.13. The van der Waals surface area contributed by atoms with Crippen LogP contribution in [0.25, 0.3) is 11.1 Å². The molecule has 9 nitrogen and oxygen atoms in total. The van der Waals surface area contributed by atoms with E-state index >= 15 is 0 Å². The Morgan fingerprint density at radius 3 is 2.28 bits per heavy atom. The quantitative estimate of drug-likeness (QED) is 0.205. The largest absolute Gasteiger partial charge is 0.491 e. The summed E-state index contributed by atoms with van der Waals surface area (Å²) in [6, 6.07) is 21.7. The average molecular weight is 551 g/mol. The minimum absolute atomic E-state index is 0. The van der Waals surface area contributed by atoms with E-state index in [1.165, 1.54) is 14.0 Å². The lowest BCUT2D eigenvalue weighted by atomic mass is 10.0. The fourth-order valence-corrected chi connectivity index (χ4v) is 4.56. The van der Waals surface area contributed by atoms with Crippen LogP contribution in [0, 0.1) is 11.3 Å². The molecule has 3 aromatic carbocycles. The maximum Gasteiger partial charge on any atom is 0.306 e. The molecule has 3 aromatic rings. The monoisotopic (exact) mass is 550 g/mol. The van der Waals surface area contributed by atoms with E-state index in [4.69, 9.17) is 20.6 Å². The highest BCUT2D eigenvalue weighted by atomic mass is 35.5. The minimum atomic E-state index is -0.527. The SMILES string of the molecule is COC(=O)C[C@@H]1C[C@@H](COc2ccc(-c3ccc(C(=N)N)cc3)cc2)N(c2cccc(NC(C)=O)c2)C1=O.Cl. The van der Waals surface area contributed by atoms with Crippen LogP contribution in [0.15, 0.2) is 72.8 Å². The van der Waals surface area contributed by atoms with Gasteiger partial charge in [-0.05, 0) is 47.9 Å². The topological polar surface area (TPSA) is 135 Å². The molecule has 0 spiro atoms. The molecule has 0 aliphatic carbocycles. The van der Waals surface area contributed by atoms with Crippen LogP contribution in [0.3, 0.4) is 0 Å². The number of benzene rings is 3. The molecule has 4 N–H and O–H groups in total. The van der Waals surface area contributed by atoms with Crippen LogP contribution in [-0.2, 0) is 19.1 Å². The summed E-state index contributed by atoms with van der Waals surface area (Å²) in [4.78, 5) is 38.4. The van der Waals surface area contributed by atoms with Gasteiger partial charge in [0.25, 0.3) is 0 Å². The number of amidine groups is 1. The van der Waals surface area contributed by atoms with Crippen molar-refractivity contribution < 1.29 is 23.9 Å². The highest BCUT2D eigenvalue weighted by Crippen LogP contribution is 2.34. The number of nitrogens with zero attached hydrogens (tertiary/aromatic N) is 1. The number of ether oxygens (including phenoxy) is 2. The molecule has 0 aromatic heterocycles. The van der Waals surface area contributed by atoms with E-state index in [1.807, 2.05) is 36.4 Å². The van der Waals surface area contributed by atoms with Gasteiger partial charge in [0.1, 0.15) is 18.2 Å². The Morgan fingerprint density at radius 2 is 1.69 bits per heavy atom. The number of halogens is 1. The van der Waals surface area contributed by atoms with Crippen LogP contribution in [0.1, 0.15) is 25.3 Å². The van der Waals surface area contributed by atoms with E-state index in [0.717, 1.165) is 11.1 Å².